The van der Waals surface area contributed by atoms with Gasteiger partial charge in [-0.25, -0.2) is 0 Å². The van der Waals surface area contributed by atoms with E-state index in [0.29, 0.717) is 11.4 Å². The Kier molecular flexibility index (Phi) is 6.41. The van der Waals surface area contributed by atoms with Crippen LogP contribution in [-0.4, -0.2) is 36.3 Å². The van der Waals surface area contributed by atoms with E-state index in [1.54, 1.807) is 35.4 Å². The van der Waals surface area contributed by atoms with Gasteiger partial charge in [-0.2, -0.15) is 0 Å². The number of carbonyl (C=O) groups is 3. The Morgan fingerprint density at radius 3 is 2.38 bits per heavy atom. The van der Waals surface area contributed by atoms with E-state index >= 15 is 0 Å². The summed E-state index contributed by atoms with van der Waals surface area (Å²) in [6, 6.07) is 14.2. The topological polar surface area (TPSA) is 87.7 Å². The standard InChI is InChI=1S/C22H23N3O4/c1-15(26)25-11-10-16-6-3-4-9-19(16)20(25)13-21(27)23-17-7-5-8-18(12-17)24-22(28)14-29-2/h3-12,20H,13-14H2,1-2H3,(H,23,27)(H,24,28). The Hall–Kier alpha value is -3.45. The second-order valence-electron chi connectivity index (χ2n) is 6.70. The molecule has 2 N–H and O–H groups in total. The Balaban J connectivity index is 1.72. The van der Waals surface area contributed by atoms with Crippen LogP contribution >= 0.6 is 0 Å². The molecule has 1 aliphatic heterocycles. The third-order valence-corrected chi connectivity index (χ3v) is 4.55. The van der Waals surface area contributed by atoms with Gasteiger partial charge in [0.15, 0.2) is 0 Å². The number of amides is 3. The summed E-state index contributed by atoms with van der Waals surface area (Å²) in [7, 11) is 1.44. The third-order valence-electron chi connectivity index (χ3n) is 4.55. The number of hydrogen-bond donors (Lipinski definition) is 2. The maximum Gasteiger partial charge on any atom is 0.250 e. The minimum Gasteiger partial charge on any atom is -0.375 e. The predicted molar refractivity (Wildman–Crippen MR) is 111 cm³/mol. The summed E-state index contributed by atoms with van der Waals surface area (Å²) < 4.78 is 4.79. The quantitative estimate of drug-likeness (QED) is 0.789. The minimum absolute atomic E-state index is 0.0495. The first-order chi connectivity index (χ1) is 14.0. The Morgan fingerprint density at radius 2 is 1.69 bits per heavy atom. The third kappa shape index (κ3) is 5.08. The Labute approximate surface area is 169 Å². The normalized spacial score (nSPS) is 14.8. The fourth-order valence-corrected chi connectivity index (χ4v) is 3.30. The molecule has 1 heterocycles. The van der Waals surface area contributed by atoms with Crippen molar-refractivity contribution in [2.24, 2.45) is 0 Å². The van der Waals surface area contributed by atoms with Crippen molar-refractivity contribution in [3.63, 3.8) is 0 Å². The van der Waals surface area contributed by atoms with Crippen molar-refractivity contribution in [2.45, 2.75) is 19.4 Å². The number of fused-ring (bicyclic) bond motifs is 1. The number of nitrogens with zero attached hydrogens (tertiary/aromatic N) is 1. The molecule has 2 aromatic rings. The zero-order valence-corrected chi connectivity index (χ0v) is 16.3. The van der Waals surface area contributed by atoms with Crippen molar-refractivity contribution < 1.29 is 19.1 Å². The number of carbonyl (C=O) groups excluding carboxylic acids is 3. The van der Waals surface area contributed by atoms with E-state index in [4.69, 9.17) is 4.74 Å². The molecule has 0 saturated heterocycles. The fourth-order valence-electron chi connectivity index (χ4n) is 3.30. The molecule has 2 aromatic carbocycles. The van der Waals surface area contributed by atoms with Crippen LogP contribution in [0.3, 0.4) is 0 Å². The average Bonchev–Trinajstić information content (AvgIpc) is 2.68. The molecule has 0 saturated carbocycles. The van der Waals surface area contributed by atoms with Gasteiger partial charge in [-0.1, -0.05) is 30.3 Å². The minimum atomic E-state index is -0.377. The largest absolute Gasteiger partial charge is 0.375 e. The molecule has 0 spiro atoms. The monoisotopic (exact) mass is 393 g/mol. The van der Waals surface area contributed by atoms with Gasteiger partial charge in [0.1, 0.15) is 6.61 Å². The highest BCUT2D eigenvalue weighted by Crippen LogP contribution is 2.33. The molecule has 3 amide bonds. The molecule has 150 valence electrons. The summed E-state index contributed by atoms with van der Waals surface area (Å²) in [6.45, 7) is 1.43. The number of rotatable bonds is 6. The smallest absolute Gasteiger partial charge is 0.250 e. The zero-order chi connectivity index (χ0) is 20.8. The van der Waals surface area contributed by atoms with E-state index in [9.17, 15) is 14.4 Å². The summed E-state index contributed by atoms with van der Waals surface area (Å²) in [4.78, 5) is 38.0. The van der Waals surface area contributed by atoms with Gasteiger partial charge < -0.3 is 20.3 Å². The van der Waals surface area contributed by atoms with Gasteiger partial charge in [0.05, 0.1) is 12.5 Å². The molecule has 1 aliphatic rings. The average molecular weight is 393 g/mol. The first-order valence-corrected chi connectivity index (χ1v) is 9.22. The number of ether oxygens (including phenoxy) is 1. The van der Waals surface area contributed by atoms with E-state index in [0.717, 1.165) is 11.1 Å². The lowest BCUT2D eigenvalue weighted by Crippen LogP contribution is -2.33. The van der Waals surface area contributed by atoms with Crippen LogP contribution < -0.4 is 10.6 Å². The molecule has 0 fully saturated rings. The van der Waals surface area contributed by atoms with Crippen LogP contribution in [-0.2, 0) is 19.1 Å². The zero-order valence-electron chi connectivity index (χ0n) is 16.3. The van der Waals surface area contributed by atoms with Crippen molar-refractivity contribution in [1.82, 2.24) is 4.90 Å². The maximum absolute atomic E-state index is 12.7. The van der Waals surface area contributed by atoms with Crippen LogP contribution in [0.15, 0.2) is 54.7 Å². The SMILES string of the molecule is COCC(=O)Nc1cccc(NC(=O)CC2c3ccccc3C=CN2C(C)=O)c1. The fraction of sp³-hybridized carbons (Fsp3) is 0.227. The Morgan fingerprint density at radius 1 is 1.00 bits per heavy atom. The van der Waals surface area contributed by atoms with Crippen LogP contribution in [0.4, 0.5) is 11.4 Å². The lowest BCUT2D eigenvalue weighted by Gasteiger charge is -2.32. The van der Waals surface area contributed by atoms with Crippen LogP contribution in [0.2, 0.25) is 0 Å². The number of hydrogen-bond acceptors (Lipinski definition) is 4. The number of methoxy groups -OCH3 is 1. The van der Waals surface area contributed by atoms with Crippen molar-refractivity contribution in [1.29, 1.82) is 0 Å². The van der Waals surface area contributed by atoms with Gasteiger partial charge in [0.25, 0.3) is 0 Å². The van der Waals surface area contributed by atoms with Crippen LogP contribution in [0.1, 0.15) is 30.5 Å². The molecule has 7 nitrogen and oxygen atoms in total. The predicted octanol–water partition coefficient (Wildman–Crippen LogP) is 3.17. The highest BCUT2D eigenvalue weighted by molar-refractivity contribution is 5.95. The Bertz CT molecular complexity index is 955. The second-order valence-corrected chi connectivity index (χ2v) is 6.70. The van der Waals surface area contributed by atoms with Crippen molar-refractivity contribution in [3.05, 3.63) is 65.9 Å². The summed E-state index contributed by atoms with van der Waals surface area (Å²) in [5.41, 5.74) is 3.03. The number of nitrogens with one attached hydrogen (secondary N) is 2. The summed E-state index contributed by atoms with van der Waals surface area (Å²) >= 11 is 0. The first kappa shape index (κ1) is 20.3. The molecule has 0 radical (unpaired) electrons. The highest BCUT2D eigenvalue weighted by Gasteiger charge is 2.28. The van der Waals surface area contributed by atoms with Gasteiger partial charge in [-0.3, -0.25) is 14.4 Å². The first-order valence-electron chi connectivity index (χ1n) is 9.22. The molecular formula is C22H23N3O4. The highest BCUT2D eigenvalue weighted by atomic mass is 16.5. The second kappa shape index (κ2) is 9.16. The number of benzene rings is 2. The van der Waals surface area contributed by atoms with Gasteiger partial charge in [0, 0.05) is 31.6 Å². The molecule has 7 heteroatoms. The van der Waals surface area contributed by atoms with Gasteiger partial charge in [-0.05, 0) is 35.4 Å². The number of anilines is 2. The van der Waals surface area contributed by atoms with Crippen molar-refractivity contribution in [2.75, 3.05) is 24.4 Å². The van der Waals surface area contributed by atoms with Gasteiger partial charge in [0.2, 0.25) is 17.7 Å². The molecule has 0 aliphatic carbocycles. The maximum atomic E-state index is 12.7. The molecule has 29 heavy (non-hydrogen) atoms. The summed E-state index contributed by atoms with van der Waals surface area (Å²) in [5.74, 6) is -0.637. The van der Waals surface area contributed by atoms with Gasteiger partial charge in [-0.15, -0.1) is 0 Å². The summed E-state index contributed by atoms with van der Waals surface area (Å²) in [5, 5.41) is 5.54. The molecule has 1 unspecified atom stereocenters. The van der Waals surface area contributed by atoms with E-state index < -0.39 is 0 Å². The van der Waals surface area contributed by atoms with Crippen LogP contribution in [0.25, 0.3) is 6.08 Å². The lowest BCUT2D eigenvalue weighted by atomic mass is 9.93. The van der Waals surface area contributed by atoms with Gasteiger partial charge >= 0.3 is 0 Å². The van der Waals surface area contributed by atoms with E-state index in [-0.39, 0.29) is 36.8 Å². The molecular weight excluding hydrogens is 370 g/mol. The van der Waals surface area contributed by atoms with E-state index in [1.165, 1.54) is 14.0 Å². The molecule has 0 bridgehead atoms. The molecule has 0 aromatic heterocycles. The molecule has 3 rings (SSSR count). The van der Waals surface area contributed by atoms with Crippen molar-refractivity contribution in [3.8, 4) is 0 Å². The van der Waals surface area contributed by atoms with E-state index in [1.807, 2.05) is 30.3 Å². The summed E-state index contributed by atoms with van der Waals surface area (Å²) in [6.07, 6.45) is 3.70. The van der Waals surface area contributed by atoms with E-state index in [2.05, 4.69) is 10.6 Å². The molecule has 1 atom stereocenters. The van der Waals surface area contributed by atoms with Crippen LogP contribution in [0, 0.1) is 0 Å². The van der Waals surface area contributed by atoms with Crippen LogP contribution in [0.5, 0.6) is 0 Å². The van der Waals surface area contributed by atoms with Crippen molar-refractivity contribution >= 4 is 35.2 Å². The lowest BCUT2D eigenvalue weighted by molar-refractivity contribution is -0.129.